The Hall–Kier alpha value is -4.32. The number of hydrogen-bond acceptors (Lipinski definition) is 8. The lowest BCUT2D eigenvalue weighted by Crippen LogP contribution is -2.42. The first-order valence-electron chi connectivity index (χ1n) is 14.9. The van der Waals surface area contributed by atoms with E-state index in [9.17, 15) is 9.59 Å². The van der Waals surface area contributed by atoms with Gasteiger partial charge in [-0.25, -0.2) is 14.5 Å². The van der Waals surface area contributed by atoms with Crippen molar-refractivity contribution in [3.8, 4) is 11.3 Å². The smallest absolute Gasteiger partial charge is 0.251 e. The number of nitrogens with zero attached hydrogens (tertiary/aromatic N) is 5. The minimum absolute atomic E-state index is 0.0103. The van der Waals surface area contributed by atoms with Gasteiger partial charge in [-0.05, 0) is 62.1 Å². The zero-order valence-electron chi connectivity index (χ0n) is 24.3. The second-order valence-corrected chi connectivity index (χ2v) is 11.4. The number of rotatable bonds is 9. The summed E-state index contributed by atoms with van der Waals surface area (Å²) >= 11 is 6.48. The topological polar surface area (TPSA) is 126 Å². The molecule has 2 aliphatic rings. The van der Waals surface area contributed by atoms with Gasteiger partial charge in [-0.3, -0.25) is 14.5 Å². The number of carbonyl (C=O) groups excluding carboxylic acids is 2. The second-order valence-electron chi connectivity index (χ2n) is 11.0. The summed E-state index contributed by atoms with van der Waals surface area (Å²) in [5.74, 6) is 0.147. The van der Waals surface area contributed by atoms with Gasteiger partial charge in [0, 0.05) is 60.8 Å². The van der Waals surface area contributed by atoms with Crippen molar-refractivity contribution in [1.29, 1.82) is 0 Å². The minimum Gasteiger partial charge on any atom is -0.379 e. The third-order valence-corrected chi connectivity index (χ3v) is 8.20. The number of anilines is 2. The Morgan fingerprint density at radius 1 is 1.05 bits per heavy atom. The van der Waals surface area contributed by atoms with Gasteiger partial charge >= 0.3 is 0 Å². The molecule has 1 saturated heterocycles. The molecule has 1 aliphatic heterocycles. The summed E-state index contributed by atoms with van der Waals surface area (Å²) < 4.78 is 7.13. The minimum atomic E-state index is -0.202. The number of fused-ring (bicyclic) bond motifs is 1. The molecule has 6 rings (SSSR count). The van der Waals surface area contributed by atoms with Crippen molar-refractivity contribution in [3.63, 3.8) is 0 Å². The van der Waals surface area contributed by atoms with Crippen molar-refractivity contribution in [3.05, 3.63) is 83.8 Å². The van der Waals surface area contributed by atoms with Crippen molar-refractivity contribution in [2.45, 2.75) is 37.8 Å². The molecule has 4 aromatic rings. The third-order valence-electron chi connectivity index (χ3n) is 7.92. The van der Waals surface area contributed by atoms with Crippen molar-refractivity contribution in [2.75, 3.05) is 43.5 Å². The summed E-state index contributed by atoms with van der Waals surface area (Å²) in [5.41, 5.74) is 3.54. The highest BCUT2D eigenvalue weighted by Crippen LogP contribution is 2.30. The molecule has 2 fully saturated rings. The van der Waals surface area contributed by atoms with Crippen molar-refractivity contribution < 1.29 is 14.3 Å². The molecular formula is C32H35ClN8O3. The fourth-order valence-corrected chi connectivity index (χ4v) is 5.82. The van der Waals surface area contributed by atoms with E-state index in [-0.39, 0.29) is 23.9 Å². The molecule has 2 amide bonds. The number of morpholine rings is 1. The quantitative estimate of drug-likeness (QED) is 0.237. The molecule has 0 bridgehead atoms. The van der Waals surface area contributed by atoms with E-state index in [1.165, 1.54) is 0 Å². The number of amides is 2. The molecule has 3 N–H and O–H groups in total. The molecule has 11 nitrogen and oxygen atoms in total. The monoisotopic (exact) mass is 614 g/mol. The number of aromatic nitrogens is 4. The number of nitrogens with one attached hydrogen (secondary N) is 3. The maximum atomic E-state index is 13.0. The van der Waals surface area contributed by atoms with Gasteiger partial charge in [0.25, 0.3) is 5.91 Å². The fraction of sp³-hybridized carbons (Fsp3) is 0.344. The average molecular weight is 615 g/mol. The summed E-state index contributed by atoms with van der Waals surface area (Å²) in [7, 11) is 0. The van der Waals surface area contributed by atoms with Crippen LogP contribution in [0.25, 0.3) is 16.8 Å². The molecule has 4 heterocycles. The lowest BCUT2D eigenvalue weighted by atomic mass is 9.91. The molecule has 1 aromatic carbocycles. The zero-order valence-corrected chi connectivity index (χ0v) is 25.0. The van der Waals surface area contributed by atoms with E-state index in [2.05, 4.69) is 30.9 Å². The van der Waals surface area contributed by atoms with E-state index in [0.717, 1.165) is 63.1 Å². The van der Waals surface area contributed by atoms with Crippen molar-refractivity contribution >= 4 is 40.6 Å². The average Bonchev–Trinajstić information content (AvgIpc) is 3.47. The van der Waals surface area contributed by atoms with Crippen LogP contribution in [0.5, 0.6) is 0 Å². The Bertz CT molecular complexity index is 1630. The molecule has 1 saturated carbocycles. The number of hydrogen-bond donors (Lipinski definition) is 3. The summed E-state index contributed by atoms with van der Waals surface area (Å²) in [6, 6.07) is 12.9. The first-order valence-corrected chi connectivity index (χ1v) is 15.3. The Kier molecular flexibility index (Phi) is 9.45. The van der Waals surface area contributed by atoms with Gasteiger partial charge < -0.3 is 20.7 Å². The summed E-state index contributed by atoms with van der Waals surface area (Å²) in [5, 5.41) is 14.3. The van der Waals surface area contributed by atoms with Crippen LogP contribution in [0, 0.1) is 0 Å². The second kappa shape index (κ2) is 14.0. The summed E-state index contributed by atoms with van der Waals surface area (Å²) in [4.78, 5) is 36.7. The number of halogens is 1. The van der Waals surface area contributed by atoms with E-state index >= 15 is 0 Å². The molecule has 1 aliphatic carbocycles. The van der Waals surface area contributed by atoms with Gasteiger partial charge in [0.05, 0.1) is 41.8 Å². The number of ether oxygens (including phenoxy) is 1. The van der Waals surface area contributed by atoms with Crippen LogP contribution in [-0.4, -0.2) is 81.2 Å². The van der Waals surface area contributed by atoms with Crippen molar-refractivity contribution in [2.24, 2.45) is 0 Å². The lowest BCUT2D eigenvalue weighted by molar-refractivity contribution is -0.111. The van der Waals surface area contributed by atoms with E-state index in [4.69, 9.17) is 21.3 Å². The predicted octanol–water partition coefficient (Wildman–Crippen LogP) is 4.42. The number of benzene rings is 1. The van der Waals surface area contributed by atoms with Gasteiger partial charge in [-0.2, -0.15) is 5.10 Å². The standard InChI is InChI=1S/C32H35ClN8O3/c33-27-21-34-32(39-30(27)26-20-35-41-14-2-1-7-28(26)41)38-25-6-3-5-24(19-25)37-31(43)22-9-11-23(12-10-22)36-29(42)8-4-13-40-15-17-44-18-16-40/h1-2,4,7-12,14,20-21,24-25H,3,5-6,13,15-19H2,(H,36,42)(H,37,43)(H,34,38,39)/b8-4+/t24-,25+/m0/s1. The number of pyridine rings is 1. The summed E-state index contributed by atoms with van der Waals surface area (Å²) in [6.07, 6.45) is 12.2. The zero-order chi connectivity index (χ0) is 30.3. The van der Waals surface area contributed by atoms with Crippen LogP contribution in [0.3, 0.4) is 0 Å². The van der Waals surface area contributed by atoms with Crippen LogP contribution in [0.4, 0.5) is 11.6 Å². The van der Waals surface area contributed by atoms with Crippen LogP contribution in [-0.2, 0) is 9.53 Å². The van der Waals surface area contributed by atoms with Gasteiger partial charge in [-0.15, -0.1) is 0 Å². The lowest BCUT2D eigenvalue weighted by Gasteiger charge is -2.30. The van der Waals surface area contributed by atoms with Crippen LogP contribution >= 0.6 is 11.6 Å². The van der Waals surface area contributed by atoms with E-state index in [1.54, 1.807) is 47.3 Å². The first kappa shape index (κ1) is 29.7. The maximum absolute atomic E-state index is 13.0. The molecule has 44 heavy (non-hydrogen) atoms. The number of carbonyl (C=O) groups is 2. The molecule has 0 spiro atoms. The highest BCUT2D eigenvalue weighted by molar-refractivity contribution is 6.33. The molecule has 3 aromatic heterocycles. The molecule has 2 atom stereocenters. The van der Waals surface area contributed by atoms with Crippen molar-refractivity contribution in [1.82, 2.24) is 29.8 Å². The third kappa shape index (κ3) is 7.42. The van der Waals surface area contributed by atoms with Gasteiger partial charge in [0.2, 0.25) is 11.9 Å². The van der Waals surface area contributed by atoms with E-state index in [1.807, 2.05) is 30.5 Å². The Labute approximate surface area is 260 Å². The van der Waals surface area contributed by atoms with Gasteiger partial charge in [0.1, 0.15) is 0 Å². The Morgan fingerprint density at radius 2 is 1.86 bits per heavy atom. The Balaban J connectivity index is 1.01. The Morgan fingerprint density at radius 3 is 2.70 bits per heavy atom. The van der Waals surface area contributed by atoms with Crippen LogP contribution < -0.4 is 16.0 Å². The highest BCUT2D eigenvalue weighted by Gasteiger charge is 2.25. The SMILES string of the molecule is O=C(/C=C/CN1CCOCC1)Nc1ccc(C(=O)N[C@H]2CCC[C@@H](Nc3ncc(Cl)c(-c4cnn5ccccc45)n3)C2)cc1. The predicted molar refractivity (Wildman–Crippen MR) is 170 cm³/mol. The van der Waals surface area contributed by atoms with Crippen LogP contribution in [0.15, 0.2) is 73.2 Å². The molecule has 228 valence electrons. The molecule has 12 heteroatoms. The molecular weight excluding hydrogens is 580 g/mol. The largest absolute Gasteiger partial charge is 0.379 e. The first-order chi connectivity index (χ1) is 21.5. The highest BCUT2D eigenvalue weighted by atomic mass is 35.5. The van der Waals surface area contributed by atoms with Crippen LogP contribution in [0.1, 0.15) is 36.0 Å². The van der Waals surface area contributed by atoms with Gasteiger partial charge in [0.15, 0.2) is 0 Å². The molecule has 0 unspecified atom stereocenters. The van der Waals surface area contributed by atoms with E-state index < -0.39 is 0 Å². The normalized spacial score (nSPS) is 19.2. The molecule has 0 radical (unpaired) electrons. The van der Waals surface area contributed by atoms with E-state index in [0.29, 0.717) is 34.5 Å². The van der Waals surface area contributed by atoms with Gasteiger partial charge in [-0.1, -0.05) is 23.7 Å². The fourth-order valence-electron chi connectivity index (χ4n) is 5.63. The van der Waals surface area contributed by atoms with Crippen LogP contribution in [0.2, 0.25) is 5.02 Å². The summed E-state index contributed by atoms with van der Waals surface area (Å²) in [6.45, 7) is 3.91. The maximum Gasteiger partial charge on any atom is 0.251 e.